The van der Waals surface area contributed by atoms with E-state index >= 15 is 0 Å². The zero-order chi connectivity index (χ0) is 28.8. The van der Waals surface area contributed by atoms with Gasteiger partial charge in [0.1, 0.15) is 0 Å². The van der Waals surface area contributed by atoms with Gasteiger partial charge in [-0.1, -0.05) is 123 Å². The van der Waals surface area contributed by atoms with Crippen molar-refractivity contribution in [2.45, 2.75) is 45.8 Å². The summed E-state index contributed by atoms with van der Waals surface area (Å²) in [6.07, 6.45) is 7.67. The minimum absolute atomic E-state index is 0.104. The molecule has 1 aliphatic heterocycles. The smallest absolute Gasteiger partial charge is 0.164 e. The van der Waals surface area contributed by atoms with E-state index in [1.54, 1.807) is 6.08 Å². The van der Waals surface area contributed by atoms with Crippen LogP contribution in [0.5, 0.6) is 0 Å². The summed E-state index contributed by atoms with van der Waals surface area (Å²) in [5.74, 6) is 1.96. The van der Waals surface area contributed by atoms with Gasteiger partial charge in [0, 0.05) is 41.7 Å². The summed E-state index contributed by atoms with van der Waals surface area (Å²) in [6, 6.07) is 30.3. The second-order valence-corrected chi connectivity index (χ2v) is 13.1. The highest BCUT2D eigenvalue weighted by Gasteiger charge is 2.37. The molecule has 0 spiro atoms. The van der Waals surface area contributed by atoms with Crippen molar-refractivity contribution in [1.82, 2.24) is 15.0 Å². The molecule has 0 unspecified atom stereocenters. The van der Waals surface area contributed by atoms with Gasteiger partial charge in [-0.05, 0) is 59.5 Å². The Balaban J connectivity index is 1.37. The predicted molar refractivity (Wildman–Crippen MR) is 176 cm³/mol. The molecule has 0 N–H and O–H groups in total. The maximum absolute atomic E-state index is 4.98. The van der Waals surface area contributed by atoms with Crippen molar-refractivity contribution in [2.24, 2.45) is 0 Å². The molecular formula is C37H29N3S2. The Bertz CT molecular complexity index is 1940. The van der Waals surface area contributed by atoms with Crippen molar-refractivity contribution in [3.63, 3.8) is 0 Å². The third-order valence-corrected chi connectivity index (χ3v) is 10.5. The average Bonchev–Trinajstić information content (AvgIpc) is 3.24. The number of benzene rings is 4. The molecule has 1 aliphatic carbocycles. The number of hydrogen-bond donors (Lipinski definition) is 0. The molecule has 0 fully saturated rings. The van der Waals surface area contributed by atoms with Crippen molar-refractivity contribution in [3.8, 4) is 33.9 Å². The lowest BCUT2D eigenvalue weighted by Gasteiger charge is -2.24. The third kappa shape index (κ3) is 4.54. The van der Waals surface area contributed by atoms with Crippen LogP contribution < -0.4 is 0 Å². The number of allylic oxidation sites excluding steroid dienone is 5. The van der Waals surface area contributed by atoms with Crippen LogP contribution in [0, 0.1) is 0 Å². The summed E-state index contributed by atoms with van der Waals surface area (Å²) in [4.78, 5) is 20.1. The number of rotatable bonds is 5. The van der Waals surface area contributed by atoms with E-state index in [0.717, 1.165) is 16.7 Å². The summed E-state index contributed by atoms with van der Waals surface area (Å²) in [7, 11) is 0. The van der Waals surface area contributed by atoms with Crippen LogP contribution in [0.1, 0.15) is 37.7 Å². The molecule has 2 aliphatic rings. The van der Waals surface area contributed by atoms with Crippen molar-refractivity contribution in [2.75, 3.05) is 0 Å². The Morgan fingerprint density at radius 1 is 0.690 bits per heavy atom. The fraction of sp³-hybridized carbons (Fsp3) is 0.108. The third-order valence-electron chi connectivity index (χ3n) is 7.94. The van der Waals surface area contributed by atoms with Gasteiger partial charge in [0.25, 0.3) is 0 Å². The van der Waals surface area contributed by atoms with Crippen LogP contribution >= 0.6 is 23.5 Å². The highest BCUT2D eigenvalue weighted by Crippen LogP contribution is 2.56. The lowest BCUT2D eigenvalue weighted by molar-refractivity contribution is 0.657. The maximum atomic E-state index is 4.98. The van der Waals surface area contributed by atoms with Crippen LogP contribution in [-0.2, 0) is 5.41 Å². The highest BCUT2D eigenvalue weighted by molar-refractivity contribution is 8.05. The summed E-state index contributed by atoms with van der Waals surface area (Å²) in [5.41, 5.74) is 8.00. The fourth-order valence-corrected chi connectivity index (χ4v) is 8.01. The van der Waals surface area contributed by atoms with E-state index in [-0.39, 0.29) is 5.41 Å². The summed E-state index contributed by atoms with van der Waals surface area (Å²) >= 11 is 3.74. The molecule has 5 heteroatoms. The lowest BCUT2D eigenvalue weighted by Crippen LogP contribution is -2.15. The normalized spacial score (nSPS) is 14.7. The van der Waals surface area contributed by atoms with Gasteiger partial charge in [-0.2, -0.15) is 0 Å². The Hall–Kier alpha value is -4.19. The molecule has 2 heterocycles. The minimum Gasteiger partial charge on any atom is -0.208 e. The molecular weight excluding hydrogens is 551 g/mol. The molecule has 3 nitrogen and oxygen atoms in total. The highest BCUT2D eigenvalue weighted by atomic mass is 32.2. The zero-order valence-corrected chi connectivity index (χ0v) is 25.4. The van der Waals surface area contributed by atoms with Gasteiger partial charge >= 0.3 is 0 Å². The van der Waals surface area contributed by atoms with Gasteiger partial charge in [0.05, 0.1) is 0 Å². The summed E-state index contributed by atoms with van der Waals surface area (Å²) in [6.45, 7) is 10.5. The van der Waals surface area contributed by atoms with E-state index in [1.807, 2.05) is 79.0 Å². The van der Waals surface area contributed by atoms with E-state index in [9.17, 15) is 0 Å². The first-order valence-corrected chi connectivity index (χ1v) is 15.7. The first-order valence-electron chi connectivity index (χ1n) is 14.0. The molecule has 0 bridgehead atoms. The van der Waals surface area contributed by atoms with Crippen molar-refractivity contribution in [1.29, 1.82) is 0 Å². The molecule has 1 aromatic heterocycles. The van der Waals surface area contributed by atoms with Gasteiger partial charge in [-0.25, -0.2) is 15.0 Å². The van der Waals surface area contributed by atoms with Crippen LogP contribution in [0.15, 0.2) is 135 Å². The molecule has 4 aromatic carbocycles. The number of hydrogen-bond acceptors (Lipinski definition) is 5. The molecule has 5 aromatic rings. The molecule has 42 heavy (non-hydrogen) atoms. The Morgan fingerprint density at radius 2 is 1.33 bits per heavy atom. The quantitative estimate of drug-likeness (QED) is 0.190. The molecule has 204 valence electrons. The van der Waals surface area contributed by atoms with Crippen LogP contribution in [0.2, 0.25) is 0 Å². The van der Waals surface area contributed by atoms with Crippen molar-refractivity contribution >= 4 is 29.1 Å². The monoisotopic (exact) mass is 579 g/mol. The molecule has 0 saturated heterocycles. The second kappa shape index (κ2) is 10.6. The molecule has 7 rings (SSSR count). The van der Waals surface area contributed by atoms with Crippen LogP contribution in [-0.4, -0.2) is 15.0 Å². The molecule has 0 amide bonds. The SMILES string of the molecule is C=C/C=C\C(=C/C)c1nc(-c2ccccc2)nc(-c2ccc3c(c2)-c2cc4c(cc2C3(C)C)Sc2ccccc2S4)n1. The van der Waals surface area contributed by atoms with Gasteiger partial charge in [0.15, 0.2) is 17.5 Å². The van der Waals surface area contributed by atoms with E-state index in [0.29, 0.717) is 17.5 Å². The lowest BCUT2D eigenvalue weighted by atomic mass is 9.82. The Morgan fingerprint density at radius 3 is 2.02 bits per heavy atom. The Labute approximate surface area is 255 Å². The predicted octanol–water partition coefficient (Wildman–Crippen LogP) is 10.3. The van der Waals surface area contributed by atoms with Gasteiger partial charge < -0.3 is 0 Å². The number of fused-ring (bicyclic) bond motifs is 5. The van der Waals surface area contributed by atoms with Crippen LogP contribution in [0.4, 0.5) is 0 Å². The number of aromatic nitrogens is 3. The second-order valence-electron chi connectivity index (χ2n) is 10.9. The standard InChI is InChI=1S/C37H29N3S2/c1-5-7-13-23(6-2)34-38-35(24-14-9-8-10-15-24)40-36(39-34)25-18-19-28-26(20-25)27-21-32-33(22-29(27)37(28,3)4)42-31-17-12-11-16-30(31)41-32/h5-22H,1H2,2-4H3/b13-7-,23-6+. The minimum atomic E-state index is -0.104. The Kier molecular flexibility index (Phi) is 6.72. The number of nitrogens with zero attached hydrogens (tertiary/aromatic N) is 3. The molecule has 0 atom stereocenters. The molecule has 0 saturated carbocycles. The van der Waals surface area contributed by atoms with E-state index in [4.69, 9.17) is 15.0 Å². The average molecular weight is 580 g/mol. The largest absolute Gasteiger partial charge is 0.208 e. The first-order chi connectivity index (χ1) is 20.5. The summed E-state index contributed by atoms with van der Waals surface area (Å²) in [5, 5.41) is 0. The van der Waals surface area contributed by atoms with Crippen LogP contribution in [0.3, 0.4) is 0 Å². The van der Waals surface area contributed by atoms with E-state index in [2.05, 4.69) is 75.0 Å². The maximum Gasteiger partial charge on any atom is 0.164 e. The summed E-state index contributed by atoms with van der Waals surface area (Å²) < 4.78 is 0. The van der Waals surface area contributed by atoms with Crippen molar-refractivity contribution in [3.05, 3.63) is 133 Å². The van der Waals surface area contributed by atoms with E-state index < -0.39 is 0 Å². The van der Waals surface area contributed by atoms with Crippen LogP contribution in [0.25, 0.3) is 39.5 Å². The van der Waals surface area contributed by atoms with Gasteiger partial charge in [-0.3, -0.25) is 0 Å². The molecule has 0 radical (unpaired) electrons. The fourth-order valence-electron chi connectivity index (χ4n) is 5.73. The zero-order valence-electron chi connectivity index (χ0n) is 23.8. The van der Waals surface area contributed by atoms with E-state index in [1.165, 1.54) is 41.8 Å². The topological polar surface area (TPSA) is 38.7 Å². The van der Waals surface area contributed by atoms with Gasteiger partial charge in [0.2, 0.25) is 0 Å². The van der Waals surface area contributed by atoms with Crippen molar-refractivity contribution < 1.29 is 0 Å². The van der Waals surface area contributed by atoms with Gasteiger partial charge in [-0.15, -0.1) is 0 Å². The first kappa shape index (κ1) is 26.7.